The Kier molecular flexibility index (Phi) is 3.84. The van der Waals surface area contributed by atoms with Crippen LogP contribution in [0.4, 0.5) is 15.9 Å². The van der Waals surface area contributed by atoms with Gasteiger partial charge in [-0.1, -0.05) is 29.3 Å². The van der Waals surface area contributed by atoms with Crippen LogP contribution in [0.15, 0.2) is 24.5 Å². The smallest absolute Gasteiger partial charge is 0.199 e. The van der Waals surface area contributed by atoms with Crippen molar-refractivity contribution in [2.45, 2.75) is 0 Å². The van der Waals surface area contributed by atoms with Crippen LogP contribution < -0.4 is 10.1 Å². The predicted molar refractivity (Wildman–Crippen MR) is 68.3 cm³/mol. The van der Waals surface area contributed by atoms with E-state index in [-0.39, 0.29) is 27.4 Å². The van der Waals surface area contributed by atoms with E-state index in [4.69, 9.17) is 27.9 Å². The summed E-state index contributed by atoms with van der Waals surface area (Å²) in [6, 6.07) is 4.35. The van der Waals surface area contributed by atoms with Gasteiger partial charge in [0.05, 0.1) is 17.8 Å². The number of aromatic nitrogens is 2. The highest BCUT2D eigenvalue weighted by molar-refractivity contribution is 6.33. The van der Waals surface area contributed by atoms with Gasteiger partial charge in [0.15, 0.2) is 16.7 Å². The number of rotatable bonds is 3. The molecule has 1 aromatic carbocycles. The van der Waals surface area contributed by atoms with Crippen molar-refractivity contribution in [2.75, 3.05) is 12.4 Å². The monoisotopic (exact) mass is 287 g/mol. The van der Waals surface area contributed by atoms with Gasteiger partial charge in [-0.2, -0.15) is 0 Å². The van der Waals surface area contributed by atoms with E-state index in [0.29, 0.717) is 0 Å². The summed E-state index contributed by atoms with van der Waals surface area (Å²) < 4.78 is 18.7. The van der Waals surface area contributed by atoms with Gasteiger partial charge in [-0.25, -0.2) is 14.4 Å². The average Bonchev–Trinajstić information content (AvgIpc) is 2.34. The van der Waals surface area contributed by atoms with Crippen LogP contribution in [-0.4, -0.2) is 17.1 Å². The maximum atomic E-state index is 13.6. The number of methoxy groups -OCH3 is 1. The third-order valence-corrected chi connectivity index (χ3v) is 2.75. The summed E-state index contributed by atoms with van der Waals surface area (Å²) in [5.74, 6) is -0.0396. The van der Waals surface area contributed by atoms with Crippen LogP contribution in [0.3, 0.4) is 0 Å². The number of halogens is 3. The highest BCUT2D eigenvalue weighted by Crippen LogP contribution is 2.34. The fourth-order valence-corrected chi connectivity index (χ4v) is 1.78. The lowest BCUT2D eigenvalue weighted by molar-refractivity contribution is 0.413. The summed E-state index contributed by atoms with van der Waals surface area (Å²) >= 11 is 11.7. The number of hydrogen-bond acceptors (Lipinski definition) is 4. The zero-order chi connectivity index (χ0) is 13.1. The number of para-hydroxylation sites is 1. The van der Waals surface area contributed by atoms with Crippen LogP contribution >= 0.6 is 23.2 Å². The molecular weight excluding hydrogens is 280 g/mol. The number of nitrogens with one attached hydrogen (secondary N) is 1. The zero-order valence-corrected chi connectivity index (χ0v) is 10.8. The Labute approximate surface area is 113 Å². The van der Waals surface area contributed by atoms with Crippen molar-refractivity contribution in [1.29, 1.82) is 0 Å². The normalized spacial score (nSPS) is 10.2. The van der Waals surface area contributed by atoms with Gasteiger partial charge in [-0.05, 0) is 12.1 Å². The Bertz CT molecular complexity index is 560. The minimum Gasteiger partial charge on any atom is -0.490 e. The molecule has 0 unspecified atom stereocenters. The molecule has 2 aromatic rings. The molecule has 0 amide bonds. The second-order valence-electron chi connectivity index (χ2n) is 3.27. The zero-order valence-electron chi connectivity index (χ0n) is 9.25. The lowest BCUT2D eigenvalue weighted by atomic mass is 10.3. The van der Waals surface area contributed by atoms with E-state index in [1.165, 1.54) is 25.6 Å². The van der Waals surface area contributed by atoms with E-state index >= 15 is 0 Å². The molecule has 0 saturated heterocycles. The van der Waals surface area contributed by atoms with Gasteiger partial charge < -0.3 is 10.1 Å². The van der Waals surface area contributed by atoms with E-state index in [0.717, 1.165) is 0 Å². The summed E-state index contributed by atoms with van der Waals surface area (Å²) in [5, 5.41) is 3.09. The maximum Gasteiger partial charge on any atom is 0.199 e. The van der Waals surface area contributed by atoms with Crippen molar-refractivity contribution in [2.24, 2.45) is 0 Å². The van der Waals surface area contributed by atoms with Crippen LogP contribution in [0, 0.1) is 5.82 Å². The Hall–Kier alpha value is -1.59. The molecule has 1 aromatic heterocycles. The van der Waals surface area contributed by atoms with Crippen LogP contribution in [0.5, 0.6) is 5.75 Å². The van der Waals surface area contributed by atoms with Gasteiger partial charge in [0.1, 0.15) is 12.1 Å². The van der Waals surface area contributed by atoms with Gasteiger partial charge in [0.25, 0.3) is 0 Å². The third kappa shape index (κ3) is 2.47. The first-order chi connectivity index (χ1) is 8.63. The Balaban J connectivity index is 2.43. The molecule has 0 spiro atoms. The maximum absolute atomic E-state index is 13.6. The van der Waals surface area contributed by atoms with E-state index in [1.54, 1.807) is 6.07 Å². The van der Waals surface area contributed by atoms with Crippen LogP contribution in [0.25, 0.3) is 0 Å². The van der Waals surface area contributed by atoms with Crippen LogP contribution in [0.2, 0.25) is 10.2 Å². The Morgan fingerprint density at radius 1 is 1.28 bits per heavy atom. The minimum absolute atomic E-state index is 0.104. The first-order valence-corrected chi connectivity index (χ1v) is 5.64. The van der Waals surface area contributed by atoms with Crippen molar-refractivity contribution in [3.63, 3.8) is 0 Å². The van der Waals surface area contributed by atoms with Gasteiger partial charge in [0, 0.05) is 0 Å². The molecule has 0 radical (unpaired) electrons. The molecule has 1 N–H and O–H groups in total. The summed E-state index contributed by atoms with van der Waals surface area (Å²) in [5.41, 5.74) is 0.104. The van der Waals surface area contributed by atoms with Crippen LogP contribution in [0.1, 0.15) is 0 Å². The molecule has 0 aliphatic rings. The summed E-state index contributed by atoms with van der Waals surface area (Å²) in [4.78, 5) is 7.69. The molecule has 1 heterocycles. The first-order valence-electron chi connectivity index (χ1n) is 4.89. The lowest BCUT2D eigenvalue weighted by Crippen LogP contribution is -2.01. The number of anilines is 2. The van der Waals surface area contributed by atoms with Gasteiger partial charge in [-0.3, -0.25) is 0 Å². The SMILES string of the molecule is COc1c(Cl)ncnc1Nc1c(F)cccc1Cl. The van der Waals surface area contributed by atoms with Crippen molar-refractivity contribution in [3.05, 3.63) is 40.5 Å². The average molecular weight is 288 g/mol. The van der Waals surface area contributed by atoms with Crippen molar-refractivity contribution < 1.29 is 9.13 Å². The second kappa shape index (κ2) is 5.37. The molecule has 0 aliphatic carbocycles. The largest absolute Gasteiger partial charge is 0.490 e. The topological polar surface area (TPSA) is 47.0 Å². The van der Waals surface area contributed by atoms with E-state index in [1.807, 2.05) is 0 Å². The van der Waals surface area contributed by atoms with E-state index < -0.39 is 5.82 Å². The van der Waals surface area contributed by atoms with E-state index in [2.05, 4.69) is 15.3 Å². The molecule has 0 saturated carbocycles. The molecule has 4 nitrogen and oxygen atoms in total. The molecule has 94 valence electrons. The minimum atomic E-state index is -0.501. The van der Waals surface area contributed by atoms with Gasteiger partial charge in [-0.15, -0.1) is 0 Å². The van der Waals surface area contributed by atoms with Gasteiger partial charge in [0.2, 0.25) is 0 Å². The number of benzene rings is 1. The standard InChI is InChI=1S/C11H8Cl2FN3O/c1-18-9-10(13)15-5-16-11(9)17-8-6(12)3-2-4-7(8)14/h2-5H,1H3,(H,15,16,17). The molecule has 18 heavy (non-hydrogen) atoms. The molecule has 0 aliphatic heterocycles. The highest BCUT2D eigenvalue weighted by atomic mass is 35.5. The molecule has 2 rings (SSSR count). The fraction of sp³-hybridized carbons (Fsp3) is 0.0909. The number of nitrogens with zero attached hydrogens (tertiary/aromatic N) is 2. The number of ether oxygens (including phenoxy) is 1. The summed E-state index contributed by atoms with van der Waals surface area (Å²) in [6.45, 7) is 0. The molecular formula is C11H8Cl2FN3O. The molecule has 0 fully saturated rings. The molecule has 0 atom stereocenters. The molecule has 0 bridgehead atoms. The van der Waals surface area contributed by atoms with E-state index in [9.17, 15) is 4.39 Å². The Morgan fingerprint density at radius 3 is 2.72 bits per heavy atom. The van der Waals surface area contributed by atoms with Crippen LogP contribution in [-0.2, 0) is 0 Å². The van der Waals surface area contributed by atoms with Crippen molar-refractivity contribution in [3.8, 4) is 5.75 Å². The fourth-order valence-electron chi connectivity index (χ4n) is 1.36. The predicted octanol–water partition coefficient (Wildman–Crippen LogP) is 3.67. The summed E-state index contributed by atoms with van der Waals surface area (Å²) in [6.07, 6.45) is 1.24. The lowest BCUT2D eigenvalue weighted by Gasteiger charge is -2.12. The second-order valence-corrected chi connectivity index (χ2v) is 4.03. The number of hydrogen-bond donors (Lipinski definition) is 1. The highest BCUT2D eigenvalue weighted by Gasteiger charge is 2.14. The Morgan fingerprint density at radius 2 is 2.06 bits per heavy atom. The summed E-state index contributed by atoms with van der Waals surface area (Å²) in [7, 11) is 1.42. The first kappa shape index (κ1) is 12.9. The van der Waals surface area contributed by atoms with Crippen molar-refractivity contribution >= 4 is 34.7 Å². The quantitative estimate of drug-likeness (QED) is 0.875. The van der Waals surface area contributed by atoms with Crippen molar-refractivity contribution in [1.82, 2.24) is 9.97 Å². The third-order valence-electron chi connectivity index (χ3n) is 2.17. The molecule has 7 heteroatoms. The van der Waals surface area contributed by atoms with Gasteiger partial charge >= 0.3 is 0 Å².